The van der Waals surface area contributed by atoms with Gasteiger partial charge in [0.1, 0.15) is 13.2 Å². The lowest BCUT2D eigenvalue weighted by atomic mass is 10.0. The minimum atomic E-state index is -0.803. The maximum absolute atomic E-state index is 13.0. The number of hydrogen-bond acceptors (Lipinski definition) is 6. The summed E-state index contributed by atoms with van der Waals surface area (Å²) in [4.78, 5) is 38.5. The molecular weight excluding hydrogens is 1020 g/mol. The number of carbonyl (C=O) groups excluding carboxylic acids is 3. The summed E-state index contributed by atoms with van der Waals surface area (Å²) in [5.74, 6) is -0.924. The van der Waals surface area contributed by atoms with Crippen molar-refractivity contribution in [1.82, 2.24) is 0 Å². The van der Waals surface area contributed by atoms with Crippen LogP contribution in [0, 0.1) is 0 Å². The molecular formula is C77H128O6. The molecule has 1 unspecified atom stereocenters. The first-order valence-corrected chi connectivity index (χ1v) is 34.7. The van der Waals surface area contributed by atoms with Crippen LogP contribution in [0.15, 0.2) is 134 Å². The van der Waals surface area contributed by atoms with Gasteiger partial charge in [-0.15, -0.1) is 0 Å². The van der Waals surface area contributed by atoms with Gasteiger partial charge in [0.2, 0.25) is 0 Å². The van der Waals surface area contributed by atoms with Crippen molar-refractivity contribution < 1.29 is 28.6 Å². The molecule has 6 nitrogen and oxygen atoms in total. The molecule has 0 fully saturated rings. The molecule has 1 atom stereocenters. The number of unbranched alkanes of at least 4 members (excludes halogenated alkanes) is 29. The van der Waals surface area contributed by atoms with E-state index in [-0.39, 0.29) is 31.1 Å². The summed E-state index contributed by atoms with van der Waals surface area (Å²) < 4.78 is 17.0. The first-order valence-electron chi connectivity index (χ1n) is 34.7. The second-order valence-corrected chi connectivity index (χ2v) is 22.7. The largest absolute Gasteiger partial charge is 0.462 e. The molecule has 0 N–H and O–H groups in total. The minimum Gasteiger partial charge on any atom is -0.462 e. The SMILES string of the molecule is CC/C=C\C/C=C\C/C=C\C/C=C\C/C=C\C/C=C\CCCCCCC(=O)OC(COC(=O)CCCCCCCCC/C=C\C/C=C\C/C=C\CC)COC(=O)CCCCCCCCCCCCCCC/C=C\C/C=C\CCCCCCC. The Labute approximate surface area is 513 Å². The third kappa shape index (κ3) is 68.2. The molecule has 0 heterocycles. The van der Waals surface area contributed by atoms with E-state index in [9.17, 15) is 14.4 Å². The first kappa shape index (κ1) is 78.5. The molecule has 0 saturated heterocycles. The predicted molar refractivity (Wildman–Crippen MR) is 362 cm³/mol. The highest BCUT2D eigenvalue weighted by atomic mass is 16.6. The summed E-state index contributed by atoms with van der Waals surface area (Å²) >= 11 is 0. The fourth-order valence-corrected chi connectivity index (χ4v) is 9.49. The maximum atomic E-state index is 13.0. The van der Waals surface area contributed by atoms with Gasteiger partial charge in [-0.3, -0.25) is 14.4 Å². The maximum Gasteiger partial charge on any atom is 0.306 e. The highest BCUT2D eigenvalue weighted by Gasteiger charge is 2.19. The van der Waals surface area contributed by atoms with Crippen molar-refractivity contribution >= 4 is 17.9 Å². The van der Waals surface area contributed by atoms with Gasteiger partial charge in [-0.25, -0.2) is 0 Å². The van der Waals surface area contributed by atoms with Gasteiger partial charge in [0.15, 0.2) is 6.10 Å². The van der Waals surface area contributed by atoms with Crippen molar-refractivity contribution in [3.8, 4) is 0 Å². The van der Waals surface area contributed by atoms with Gasteiger partial charge in [0.25, 0.3) is 0 Å². The smallest absolute Gasteiger partial charge is 0.306 e. The van der Waals surface area contributed by atoms with Crippen LogP contribution in [0.1, 0.15) is 316 Å². The number of ether oxygens (including phenoxy) is 3. The second kappa shape index (κ2) is 70.0. The van der Waals surface area contributed by atoms with Gasteiger partial charge in [-0.1, -0.05) is 296 Å². The molecule has 0 spiro atoms. The topological polar surface area (TPSA) is 78.9 Å². The lowest BCUT2D eigenvalue weighted by Crippen LogP contribution is -2.30. The Kier molecular flexibility index (Phi) is 66.3. The average Bonchev–Trinajstić information content (AvgIpc) is 3.49. The summed E-state index contributed by atoms with van der Waals surface area (Å²) in [7, 11) is 0. The molecule has 0 aliphatic heterocycles. The zero-order valence-electron chi connectivity index (χ0n) is 54.2. The summed E-state index contributed by atoms with van der Waals surface area (Å²) in [6.07, 6.45) is 98.9. The summed E-state index contributed by atoms with van der Waals surface area (Å²) in [6, 6.07) is 0. The standard InChI is InChI=1S/C77H128O6/c1-4-7-10-13-16-19-22-25-28-31-33-35-37-38-40-41-43-46-49-52-55-58-61-64-67-70-76(79)82-73-74(72-81-75(78)69-66-63-60-57-54-51-48-45-30-27-24-21-18-15-12-9-6-3)83-77(80)71-68-65-62-59-56-53-50-47-44-42-39-36-34-32-29-26-23-20-17-14-11-8-5-2/h8-9,11-12,17-18,20-22,25-27,29-31,33-34,36,42,44,50,53,74H,4-7,10,13-16,19,23-24,28,32,35,37-41,43,45-49,51-52,54-73H2,1-3H3/b11-8-,12-9-,20-17-,21-18-,25-22-,29-26-,30-27-,33-31-,36-34-,44-42-,53-50-. The Morgan fingerprint density at radius 3 is 0.735 bits per heavy atom. The van der Waals surface area contributed by atoms with Crippen molar-refractivity contribution in [3.63, 3.8) is 0 Å². The molecule has 0 bridgehead atoms. The van der Waals surface area contributed by atoms with Gasteiger partial charge in [0, 0.05) is 19.3 Å². The number of carbonyl (C=O) groups is 3. The molecule has 0 aromatic heterocycles. The van der Waals surface area contributed by atoms with Gasteiger partial charge in [-0.05, 0) is 135 Å². The fourth-order valence-electron chi connectivity index (χ4n) is 9.49. The Morgan fingerprint density at radius 1 is 0.253 bits per heavy atom. The number of hydrogen-bond donors (Lipinski definition) is 0. The van der Waals surface area contributed by atoms with Crippen molar-refractivity contribution in [2.24, 2.45) is 0 Å². The molecule has 6 heteroatoms. The predicted octanol–water partition coefficient (Wildman–Crippen LogP) is 24.1. The van der Waals surface area contributed by atoms with E-state index < -0.39 is 6.10 Å². The summed E-state index contributed by atoms with van der Waals surface area (Å²) in [5.41, 5.74) is 0. The Hall–Kier alpha value is -4.45. The van der Waals surface area contributed by atoms with Crippen molar-refractivity contribution in [3.05, 3.63) is 134 Å². The van der Waals surface area contributed by atoms with Crippen LogP contribution in [-0.4, -0.2) is 37.2 Å². The fraction of sp³-hybridized carbons (Fsp3) is 0.675. The van der Waals surface area contributed by atoms with E-state index in [0.717, 1.165) is 141 Å². The molecule has 0 aliphatic rings. The molecule has 0 aromatic rings. The molecule has 83 heavy (non-hydrogen) atoms. The second-order valence-electron chi connectivity index (χ2n) is 22.7. The van der Waals surface area contributed by atoms with Crippen LogP contribution >= 0.6 is 0 Å². The van der Waals surface area contributed by atoms with Crippen LogP contribution in [0.25, 0.3) is 0 Å². The van der Waals surface area contributed by atoms with E-state index in [0.29, 0.717) is 19.3 Å². The van der Waals surface area contributed by atoms with Crippen molar-refractivity contribution in [1.29, 1.82) is 0 Å². The van der Waals surface area contributed by atoms with E-state index in [4.69, 9.17) is 14.2 Å². The lowest BCUT2D eigenvalue weighted by Gasteiger charge is -2.18. The van der Waals surface area contributed by atoms with Crippen LogP contribution in [0.4, 0.5) is 0 Å². The number of rotatable bonds is 62. The van der Waals surface area contributed by atoms with E-state index in [1.54, 1.807) is 0 Å². The Balaban J connectivity index is 4.43. The molecule has 472 valence electrons. The number of allylic oxidation sites excluding steroid dienone is 22. The highest BCUT2D eigenvalue weighted by Crippen LogP contribution is 2.16. The van der Waals surface area contributed by atoms with Crippen molar-refractivity contribution in [2.45, 2.75) is 322 Å². The van der Waals surface area contributed by atoms with E-state index in [1.165, 1.54) is 135 Å². The molecule has 0 radical (unpaired) electrons. The van der Waals surface area contributed by atoms with Gasteiger partial charge < -0.3 is 14.2 Å². The quantitative estimate of drug-likeness (QED) is 0.0261. The highest BCUT2D eigenvalue weighted by molar-refractivity contribution is 5.71. The number of esters is 3. The third-order valence-electron chi connectivity index (χ3n) is 14.6. The molecule has 0 saturated carbocycles. The van der Waals surface area contributed by atoms with Crippen LogP contribution in [0.3, 0.4) is 0 Å². The van der Waals surface area contributed by atoms with Gasteiger partial charge in [-0.2, -0.15) is 0 Å². The van der Waals surface area contributed by atoms with Gasteiger partial charge in [0.05, 0.1) is 0 Å². The zero-order chi connectivity index (χ0) is 59.9. The Bertz CT molecular complexity index is 1750. The lowest BCUT2D eigenvalue weighted by molar-refractivity contribution is -0.167. The summed E-state index contributed by atoms with van der Waals surface area (Å²) in [5, 5.41) is 0. The first-order chi connectivity index (χ1) is 41.0. The van der Waals surface area contributed by atoms with Crippen molar-refractivity contribution in [2.75, 3.05) is 13.2 Å². The zero-order valence-corrected chi connectivity index (χ0v) is 54.2. The van der Waals surface area contributed by atoms with Crippen LogP contribution in [-0.2, 0) is 28.6 Å². The van der Waals surface area contributed by atoms with Crippen LogP contribution in [0.5, 0.6) is 0 Å². The van der Waals surface area contributed by atoms with Crippen LogP contribution < -0.4 is 0 Å². The molecule has 0 aliphatic carbocycles. The normalized spacial score (nSPS) is 13.0. The Morgan fingerprint density at radius 2 is 0.470 bits per heavy atom. The summed E-state index contributed by atoms with van der Waals surface area (Å²) in [6.45, 7) is 6.40. The van der Waals surface area contributed by atoms with E-state index in [2.05, 4.69) is 154 Å². The molecule has 0 rings (SSSR count). The van der Waals surface area contributed by atoms with E-state index >= 15 is 0 Å². The molecule has 0 amide bonds. The van der Waals surface area contributed by atoms with E-state index in [1.807, 2.05) is 0 Å². The van der Waals surface area contributed by atoms with Gasteiger partial charge >= 0.3 is 17.9 Å². The van der Waals surface area contributed by atoms with Crippen LogP contribution in [0.2, 0.25) is 0 Å². The third-order valence-corrected chi connectivity index (χ3v) is 14.6. The average molecular weight is 1150 g/mol. The minimum absolute atomic E-state index is 0.0949. The molecule has 0 aromatic carbocycles. The monoisotopic (exact) mass is 1150 g/mol.